The van der Waals surface area contributed by atoms with Crippen molar-refractivity contribution in [3.63, 3.8) is 0 Å². The van der Waals surface area contributed by atoms with Crippen molar-refractivity contribution >= 4 is 5.91 Å². The van der Waals surface area contributed by atoms with Crippen LogP contribution in [0.25, 0.3) is 0 Å². The molecule has 1 heterocycles. The molecule has 5 aliphatic rings. The molecular formula is C20H35N3O. The minimum absolute atomic E-state index is 0.115. The first-order valence-corrected chi connectivity index (χ1v) is 10.2. The van der Waals surface area contributed by atoms with Gasteiger partial charge in [0.2, 0.25) is 5.91 Å². The maximum Gasteiger partial charge on any atom is 0.237 e. The average molecular weight is 334 g/mol. The standard InChI is InChI=1S/C20H35N3O/c1-13(22(2)3)12-23-6-4-5-18(23)20(24)21-19-16-8-14-7-15(10-16)11-17(19)9-14/h13-19H,4-12H2,1-3H3,(H,21,24)/t13?,14?,15?,16?,17?,18-,19?/m1/s1. The Labute approximate surface area is 147 Å². The molecule has 0 radical (unpaired) electrons. The number of amides is 1. The van der Waals surface area contributed by atoms with Gasteiger partial charge in [-0.1, -0.05) is 0 Å². The fourth-order valence-corrected chi connectivity index (χ4v) is 6.27. The predicted molar refractivity (Wildman–Crippen MR) is 96.7 cm³/mol. The van der Waals surface area contributed by atoms with Crippen LogP contribution in [0, 0.1) is 23.7 Å². The van der Waals surface area contributed by atoms with Gasteiger partial charge in [-0.05, 0) is 96.2 Å². The third-order valence-corrected chi connectivity index (χ3v) is 7.58. The van der Waals surface area contributed by atoms with Gasteiger partial charge in [0.05, 0.1) is 6.04 Å². The van der Waals surface area contributed by atoms with E-state index in [1.807, 2.05) is 0 Å². The summed E-state index contributed by atoms with van der Waals surface area (Å²) < 4.78 is 0. The van der Waals surface area contributed by atoms with Crippen molar-refractivity contribution in [3.8, 4) is 0 Å². The molecule has 0 aromatic rings. The number of nitrogens with one attached hydrogen (secondary N) is 1. The smallest absolute Gasteiger partial charge is 0.237 e. The van der Waals surface area contributed by atoms with Crippen LogP contribution in [-0.2, 0) is 4.79 Å². The zero-order valence-electron chi connectivity index (χ0n) is 15.7. The molecule has 2 atom stereocenters. The van der Waals surface area contributed by atoms with Crippen molar-refractivity contribution in [2.75, 3.05) is 27.2 Å². The zero-order valence-corrected chi connectivity index (χ0v) is 15.7. The molecule has 136 valence electrons. The number of likely N-dealkylation sites (N-methyl/N-ethyl adjacent to an activating group) is 1. The Hall–Kier alpha value is -0.610. The highest BCUT2D eigenvalue weighted by atomic mass is 16.2. The summed E-state index contributed by atoms with van der Waals surface area (Å²) in [5, 5.41) is 3.54. The van der Waals surface area contributed by atoms with Gasteiger partial charge in [-0.3, -0.25) is 9.69 Å². The second kappa shape index (κ2) is 6.60. The first-order valence-electron chi connectivity index (χ1n) is 10.2. The van der Waals surface area contributed by atoms with Gasteiger partial charge in [-0.15, -0.1) is 0 Å². The van der Waals surface area contributed by atoms with Gasteiger partial charge in [-0.2, -0.15) is 0 Å². The molecule has 0 aromatic carbocycles. The van der Waals surface area contributed by atoms with E-state index < -0.39 is 0 Å². The number of carbonyl (C=O) groups is 1. The Morgan fingerprint density at radius 3 is 2.33 bits per heavy atom. The number of likely N-dealkylation sites (tertiary alicyclic amines) is 1. The lowest BCUT2D eigenvalue weighted by Crippen LogP contribution is -2.58. The van der Waals surface area contributed by atoms with E-state index in [2.05, 4.69) is 36.1 Å². The summed E-state index contributed by atoms with van der Waals surface area (Å²) in [7, 11) is 4.26. The lowest BCUT2D eigenvalue weighted by Gasteiger charge is -2.54. The van der Waals surface area contributed by atoms with E-state index in [1.165, 1.54) is 38.5 Å². The molecule has 24 heavy (non-hydrogen) atoms. The molecule has 5 rings (SSSR count). The van der Waals surface area contributed by atoms with Crippen LogP contribution in [-0.4, -0.2) is 61.0 Å². The Bertz CT molecular complexity index is 450. The van der Waals surface area contributed by atoms with Crippen LogP contribution in [0.3, 0.4) is 0 Å². The van der Waals surface area contributed by atoms with E-state index in [0.29, 0.717) is 18.0 Å². The molecule has 1 unspecified atom stereocenters. The Balaban J connectivity index is 1.37. The summed E-state index contributed by atoms with van der Waals surface area (Å²) in [6.07, 6.45) is 9.20. The SMILES string of the molecule is CC(CN1CCC[C@@H]1C(=O)NC1C2CC3CC(C2)CC1C3)N(C)C. The normalized spacial score (nSPS) is 42.7. The predicted octanol–water partition coefficient (Wildman–Crippen LogP) is 2.34. The maximum absolute atomic E-state index is 13.0. The molecular weight excluding hydrogens is 298 g/mol. The molecule has 4 heteroatoms. The zero-order chi connectivity index (χ0) is 16.8. The van der Waals surface area contributed by atoms with Crippen LogP contribution < -0.4 is 5.32 Å². The Morgan fingerprint density at radius 2 is 1.75 bits per heavy atom. The number of hydrogen-bond acceptors (Lipinski definition) is 3. The van der Waals surface area contributed by atoms with Crippen molar-refractivity contribution in [2.45, 2.75) is 70.0 Å². The third kappa shape index (κ3) is 3.12. The van der Waals surface area contributed by atoms with Crippen LogP contribution in [0.5, 0.6) is 0 Å². The first kappa shape index (κ1) is 16.8. The fourth-order valence-electron chi connectivity index (χ4n) is 6.27. The van der Waals surface area contributed by atoms with Crippen LogP contribution in [0.1, 0.15) is 51.9 Å². The van der Waals surface area contributed by atoms with E-state index in [1.54, 1.807) is 0 Å². The minimum Gasteiger partial charge on any atom is -0.351 e. The lowest BCUT2D eigenvalue weighted by atomic mass is 9.54. The van der Waals surface area contributed by atoms with Gasteiger partial charge in [0.1, 0.15) is 0 Å². The quantitative estimate of drug-likeness (QED) is 0.839. The molecule has 0 aromatic heterocycles. The Morgan fingerprint density at radius 1 is 1.12 bits per heavy atom. The van der Waals surface area contributed by atoms with Crippen LogP contribution in [0.2, 0.25) is 0 Å². The molecule has 1 aliphatic heterocycles. The lowest BCUT2D eigenvalue weighted by molar-refractivity contribution is -0.129. The summed E-state index contributed by atoms with van der Waals surface area (Å²) in [4.78, 5) is 17.7. The number of rotatable bonds is 5. The molecule has 0 spiro atoms. The fraction of sp³-hybridized carbons (Fsp3) is 0.950. The van der Waals surface area contributed by atoms with Gasteiger partial charge in [0.25, 0.3) is 0 Å². The van der Waals surface area contributed by atoms with Gasteiger partial charge in [-0.25, -0.2) is 0 Å². The molecule has 4 bridgehead atoms. The van der Waals surface area contributed by atoms with Crippen molar-refractivity contribution in [1.82, 2.24) is 15.1 Å². The van der Waals surface area contributed by atoms with Gasteiger partial charge in [0, 0.05) is 18.6 Å². The summed E-state index contributed by atoms with van der Waals surface area (Å²) in [6.45, 7) is 4.34. The topological polar surface area (TPSA) is 35.6 Å². The van der Waals surface area contributed by atoms with Crippen molar-refractivity contribution < 1.29 is 4.79 Å². The summed E-state index contributed by atoms with van der Waals surface area (Å²) >= 11 is 0. The van der Waals surface area contributed by atoms with Crippen molar-refractivity contribution in [1.29, 1.82) is 0 Å². The number of nitrogens with zero attached hydrogens (tertiary/aromatic N) is 2. The summed E-state index contributed by atoms with van der Waals surface area (Å²) in [5.74, 6) is 3.84. The monoisotopic (exact) mass is 333 g/mol. The molecule has 1 saturated heterocycles. The second-order valence-corrected chi connectivity index (χ2v) is 9.43. The highest BCUT2D eigenvalue weighted by Gasteiger charge is 2.49. The summed E-state index contributed by atoms with van der Waals surface area (Å²) in [5.41, 5.74) is 0. The second-order valence-electron chi connectivity index (χ2n) is 9.43. The molecule has 4 aliphatic carbocycles. The molecule has 1 N–H and O–H groups in total. The molecule has 4 nitrogen and oxygen atoms in total. The highest BCUT2D eigenvalue weighted by Crippen LogP contribution is 2.53. The van der Waals surface area contributed by atoms with E-state index in [9.17, 15) is 4.79 Å². The van der Waals surface area contributed by atoms with Crippen LogP contribution >= 0.6 is 0 Å². The van der Waals surface area contributed by atoms with Gasteiger partial charge in [0.15, 0.2) is 0 Å². The van der Waals surface area contributed by atoms with E-state index >= 15 is 0 Å². The Kier molecular flexibility index (Phi) is 4.63. The molecule has 5 fully saturated rings. The third-order valence-electron chi connectivity index (χ3n) is 7.58. The largest absolute Gasteiger partial charge is 0.351 e. The van der Waals surface area contributed by atoms with Crippen molar-refractivity contribution in [2.24, 2.45) is 23.7 Å². The number of hydrogen-bond donors (Lipinski definition) is 1. The van der Waals surface area contributed by atoms with Crippen LogP contribution in [0.4, 0.5) is 0 Å². The highest BCUT2D eigenvalue weighted by molar-refractivity contribution is 5.82. The van der Waals surface area contributed by atoms with Gasteiger partial charge >= 0.3 is 0 Å². The van der Waals surface area contributed by atoms with Gasteiger partial charge < -0.3 is 10.2 Å². The maximum atomic E-state index is 13.0. The average Bonchev–Trinajstić information content (AvgIpc) is 2.98. The minimum atomic E-state index is 0.115. The number of carbonyl (C=O) groups excluding carboxylic acids is 1. The molecule has 4 saturated carbocycles. The van der Waals surface area contributed by atoms with Crippen LogP contribution in [0.15, 0.2) is 0 Å². The van der Waals surface area contributed by atoms with E-state index in [4.69, 9.17) is 0 Å². The summed E-state index contributed by atoms with van der Waals surface area (Å²) in [6, 6.07) is 1.10. The first-order chi connectivity index (χ1) is 11.5. The molecule has 1 amide bonds. The van der Waals surface area contributed by atoms with E-state index in [-0.39, 0.29) is 6.04 Å². The van der Waals surface area contributed by atoms with Crippen molar-refractivity contribution in [3.05, 3.63) is 0 Å². The van der Waals surface area contributed by atoms with E-state index in [0.717, 1.165) is 43.2 Å².